The second kappa shape index (κ2) is 7.18. The molecule has 1 saturated carbocycles. The van der Waals surface area contributed by atoms with E-state index in [2.05, 4.69) is 28.1 Å². The van der Waals surface area contributed by atoms with Crippen molar-refractivity contribution in [1.82, 2.24) is 4.90 Å². The molecule has 3 rings (SSSR count). The van der Waals surface area contributed by atoms with Crippen LogP contribution in [0.5, 0.6) is 5.75 Å². The first-order valence-corrected chi connectivity index (χ1v) is 8.63. The van der Waals surface area contributed by atoms with Crippen molar-refractivity contribution >= 4 is 21.8 Å². The van der Waals surface area contributed by atoms with Crippen molar-refractivity contribution in [2.75, 3.05) is 13.7 Å². The first-order valence-electron chi connectivity index (χ1n) is 7.84. The Balaban J connectivity index is 1.80. The molecule has 120 valence electrons. The molecule has 1 aliphatic carbocycles. The summed E-state index contributed by atoms with van der Waals surface area (Å²) in [6.07, 6.45) is 2.45. The van der Waals surface area contributed by atoms with Crippen LogP contribution in [0.3, 0.4) is 0 Å². The Morgan fingerprint density at radius 3 is 2.57 bits per heavy atom. The second-order valence-corrected chi connectivity index (χ2v) is 6.82. The Labute approximate surface area is 145 Å². The van der Waals surface area contributed by atoms with E-state index in [1.54, 1.807) is 7.11 Å². The minimum absolute atomic E-state index is 0.0732. The molecule has 2 aromatic carbocycles. The Morgan fingerprint density at radius 2 is 1.96 bits per heavy atom. The number of nitrogens with zero attached hydrogens (tertiary/aromatic N) is 1. The second-order valence-electron chi connectivity index (χ2n) is 5.96. The molecule has 0 saturated heterocycles. The number of carbonyl (C=O) groups excluding carboxylic acids is 1. The van der Waals surface area contributed by atoms with Crippen molar-refractivity contribution < 1.29 is 9.53 Å². The van der Waals surface area contributed by atoms with Gasteiger partial charge in [0.15, 0.2) is 0 Å². The molecule has 23 heavy (non-hydrogen) atoms. The molecule has 0 spiro atoms. The van der Waals surface area contributed by atoms with Gasteiger partial charge in [0.25, 0.3) is 5.91 Å². The molecule has 1 fully saturated rings. The fraction of sp³-hybridized carbons (Fsp3) is 0.316. The van der Waals surface area contributed by atoms with Crippen molar-refractivity contribution in [3.8, 4) is 5.75 Å². The largest absolute Gasteiger partial charge is 0.496 e. The zero-order valence-electron chi connectivity index (χ0n) is 13.2. The van der Waals surface area contributed by atoms with Gasteiger partial charge < -0.3 is 9.64 Å². The maximum atomic E-state index is 12.9. The van der Waals surface area contributed by atoms with Gasteiger partial charge in [0.1, 0.15) is 5.75 Å². The standard InChI is InChI=1S/C19H20BrNO2/c1-23-18-10-9-16(11-17(18)20)19(22)21(13-15-7-8-15)12-14-5-3-2-4-6-14/h2-6,9-11,15H,7-8,12-13H2,1H3. The molecule has 2 aromatic rings. The summed E-state index contributed by atoms with van der Waals surface area (Å²) in [5.74, 6) is 1.46. The maximum Gasteiger partial charge on any atom is 0.254 e. The van der Waals surface area contributed by atoms with Crippen LogP contribution in [0, 0.1) is 5.92 Å². The van der Waals surface area contributed by atoms with Crippen molar-refractivity contribution in [1.29, 1.82) is 0 Å². The summed E-state index contributed by atoms with van der Waals surface area (Å²) in [7, 11) is 1.62. The van der Waals surface area contributed by atoms with Crippen LogP contribution in [-0.4, -0.2) is 24.5 Å². The lowest BCUT2D eigenvalue weighted by Crippen LogP contribution is -2.32. The third-order valence-corrected chi connectivity index (χ3v) is 4.70. The van der Waals surface area contributed by atoms with E-state index in [0.717, 1.165) is 22.3 Å². The summed E-state index contributed by atoms with van der Waals surface area (Å²) in [4.78, 5) is 14.9. The molecule has 1 aliphatic rings. The number of benzene rings is 2. The van der Waals surface area contributed by atoms with Gasteiger partial charge in [-0.3, -0.25) is 4.79 Å². The highest BCUT2D eigenvalue weighted by atomic mass is 79.9. The molecule has 3 nitrogen and oxygen atoms in total. The molecule has 4 heteroatoms. The monoisotopic (exact) mass is 373 g/mol. The van der Waals surface area contributed by atoms with Gasteiger partial charge in [-0.2, -0.15) is 0 Å². The van der Waals surface area contributed by atoms with Gasteiger partial charge in [-0.05, 0) is 58.5 Å². The highest BCUT2D eigenvalue weighted by Gasteiger charge is 2.27. The Bertz CT molecular complexity index is 683. The van der Waals surface area contributed by atoms with E-state index >= 15 is 0 Å². The van der Waals surface area contributed by atoms with Gasteiger partial charge in [0.05, 0.1) is 11.6 Å². The third-order valence-electron chi connectivity index (χ3n) is 4.08. The number of hydrogen-bond acceptors (Lipinski definition) is 2. The van der Waals surface area contributed by atoms with Gasteiger partial charge in [-0.25, -0.2) is 0 Å². The van der Waals surface area contributed by atoms with Gasteiger partial charge in [0, 0.05) is 18.7 Å². The molecule has 0 heterocycles. The van der Waals surface area contributed by atoms with Gasteiger partial charge in [-0.15, -0.1) is 0 Å². The van der Waals surface area contributed by atoms with E-state index in [1.807, 2.05) is 41.3 Å². The predicted octanol–water partition coefficient (Wildman–Crippen LogP) is 4.51. The number of carbonyl (C=O) groups is 1. The number of halogens is 1. The van der Waals surface area contributed by atoms with Crippen LogP contribution in [0.25, 0.3) is 0 Å². The smallest absolute Gasteiger partial charge is 0.254 e. The average Bonchev–Trinajstić information content (AvgIpc) is 3.38. The molecule has 0 bridgehead atoms. The molecule has 0 radical (unpaired) electrons. The Kier molecular flexibility index (Phi) is 5.01. The van der Waals surface area contributed by atoms with Crippen LogP contribution < -0.4 is 4.74 Å². The lowest BCUT2D eigenvalue weighted by atomic mass is 10.1. The first-order chi connectivity index (χ1) is 11.2. The van der Waals surface area contributed by atoms with Crippen LogP contribution in [0.2, 0.25) is 0 Å². The molecular weight excluding hydrogens is 354 g/mol. The molecule has 0 N–H and O–H groups in total. The predicted molar refractivity (Wildman–Crippen MR) is 94.6 cm³/mol. The molecule has 0 atom stereocenters. The number of ether oxygens (including phenoxy) is 1. The quantitative estimate of drug-likeness (QED) is 0.745. The Morgan fingerprint density at radius 1 is 1.22 bits per heavy atom. The number of rotatable bonds is 6. The summed E-state index contributed by atoms with van der Waals surface area (Å²) in [6, 6.07) is 15.7. The summed E-state index contributed by atoms with van der Waals surface area (Å²) in [6.45, 7) is 1.48. The molecule has 0 aromatic heterocycles. The molecule has 0 unspecified atom stereocenters. The van der Waals surface area contributed by atoms with Crippen molar-refractivity contribution in [3.63, 3.8) is 0 Å². The van der Waals surface area contributed by atoms with Crippen LogP contribution >= 0.6 is 15.9 Å². The molecule has 0 aliphatic heterocycles. The lowest BCUT2D eigenvalue weighted by molar-refractivity contribution is 0.0735. The first kappa shape index (κ1) is 16.1. The summed E-state index contributed by atoms with van der Waals surface area (Å²) >= 11 is 3.46. The summed E-state index contributed by atoms with van der Waals surface area (Å²) < 4.78 is 6.04. The van der Waals surface area contributed by atoms with Gasteiger partial charge >= 0.3 is 0 Å². The van der Waals surface area contributed by atoms with Crippen LogP contribution in [-0.2, 0) is 6.54 Å². The lowest BCUT2D eigenvalue weighted by Gasteiger charge is -2.23. The van der Waals surface area contributed by atoms with Gasteiger partial charge in [0.2, 0.25) is 0 Å². The maximum absolute atomic E-state index is 12.9. The van der Waals surface area contributed by atoms with Crippen LogP contribution in [0.1, 0.15) is 28.8 Å². The van der Waals surface area contributed by atoms with Crippen molar-refractivity contribution in [3.05, 3.63) is 64.1 Å². The summed E-state index contributed by atoms with van der Waals surface area (Å²) in [5, 5.41) is 0. The zero-order chi connectivity index (χ0) is 16.2. The van der Waals surface area contributed by atoms with E-state index in [4.69, 9.17) is 4.74 Å². The van der Waals surface area contributed by atoms with E-state index in [0.29, 0.717) is 18.0 Å². The Hall–Kier alpha value is -1.81. The highest BCUT2D eigenvalue weighted by Crippen LogP contribution is 2.31. The summed E-state index contributed by atoms with van der Waals surface area (Å²) in [5.41, 5.74) is 1.85. The minimum atomic E-state index is 0.0732. The zero-order valence-corrected chi connectivity index (χ0v) is 14.8. The van der Waals surface area contributed by atoms with Crippen LogP contribution in [0.15, 0.2) is 53.0 Å². The van der Waals surface area contributed by atoms with E-state index < -0.39 is 0 Å². The molecule has 1 amide bonds. The fourth-order valence-corrected chi connectivity index (χ4v) is 3.16. The van der Waals surface area contributed by atoms with E-state index in [-0.39, 0.29) is 5.91 Å². The topological polar surface area (TPSA) is 29.5 Å². The minimum Gasteiger partial charge on any atom is -0.496 e. The van der Waals surface area contributed by atoms with Crippen molar-refractivity contribution in [2.45, 2.75) is 19.4 Å². The van der Waals surface area contributed by atoms with Gasteiger partial charge in [-0.1, -0.05) is 30.3 Å². The number of hydrogen-bond donors (Lipinski definition) is 0. The third kappa shape index (κ3) is 4.14. The van der Waals surface area contributed by atoms with Crippen LogP contribution in [0.4, 0.5) is 0 Å². The van der Waals surface area contributed by atoms with E-state index in [9.17, 15) is 4.79 Å². The number of methoxy groups -OCH3 is 1. The average molecular weight is 374 g/mol. The molecular formula is C19H20BrNO2. The SMILES string of the molecule is COc1ccc(C(=O)N(Cc2ccccc2)CC2CC2)cc1Br. The normalized spacial score (nSPS) is 13.7. The fourth-order valence-electron chi connectivity index (χ4n) is 2.62. The van der Waals surface area contributed by atoms with Crippen molar-refractivity contribution in [2.24, 2.45) is 5.92 Å². The van der Waals surface area contributed by atoms with E-state index in [1.165, 1.54) is 12.8 Å². The number of amides is 1. The highest BCUT2D eigenvalue weighted by molar-refractivity contribution is 9.10.